The van der Waals surface area contributed by atoms with Crippen LogP contribution in [0.2, 0.25) is 0 Å². The first-order valence-electron chi connectivity index (χ1n) is 7.34. The molecule has 114 valence electrons. The highest BCUT2D eigenvalue weighted by atomic mass is 19.3. The van der Waals surface area contributed by atoms with Crippen molar-refractivity contribution in [2.45, 2.75) is 50.0 Å². The van der Waals surface area contributed by atoms with Crippen LogP contribution in [-0.2, 0) is 4.74 Å². The van der Waals surface area contributed by atoms with E-state index in [2.05, 4.69) is 14.8 Å². The van der Waals surface area contributed by atoms with E-state index in [1.165, 1.54) is 12.5 Å². The summed E-state index contributed by atoms with van der Waals surface area (Å²) in [5, 5.41) is 3.40. The normalized spacial score (nSPS) is 28.2. The van der Waals surface area contributed by atoms with Crippen LogP contribution in [0.5, 0.6) is 11.5 Å². The van der Waals surface area contributed by atoms with Crippen molar-refractivity contribution < 1.29 is 23.0 Å². The molecule has 0 amide bonds. The number of hydrogen-bond donors (Lipinski definition) is 1. The summed E-state index contributed by atoms with van der Waals surface area (Å²) in [5.74, 6) is 0.156. The minimum Gasteiger partial charge on any atom is -0.395 e. The maximum Gasteiger partial charge on any atom is 0.586 e. The highest BCUT2D eigenvalue weighted by molar-refractivity contribution is 5.56. The van der Waals surface area contributed by atoms with E-state index in [0.29, 0.717) is 6.04 Å². The summed E-state index contributed by atoms with van der Waals surface area (Å²) >= 11 is 0. The molecule has 4 nitrogen and oxygen atoms in total. The molecule has 1 unspecified atom stereocenters. The van der Waals surface area contributed by atoms with Crippen LogP contribution in [0.3, 0.4) is 0 Å². The zero-order valence-electron chi connectivity index (χ0n) is 11.5. The van der Waals surface area contributed by atoms with Crippen LogP contribution in [0.25, 0.3) is 0 Å². The molecule has 2 aliphatic heterocycles. The molecule has 3 aliphatic rings. The van der Waals surface area contributed by atoms with Gasteiger partial charge >= 0.3 is 6.29 Å². The lowest BCUT2D eigenvalue weighted by atomic mass is 9.74. The molecular weight excluding hydrogens is 280 g/mol. The van der Waals surface area contributed by atoms with Crippen LogP contribution in [0.1, 0.15) is 32.1 Å². The third kappa shape index (κ3) is 2.41. The Hall–Kier alpha value is -1.56. The van der Waals surface area contributed by atoms with Gasteiger partial charge in [-0.15, -0.1) is 8.78 Å². The fourth-order valence-electron chi connectivity index (χ4n) is 3.34. The van der Waals surface area contributed by atoms with Crippen LogP contribution < -0.4 is 14.8 Å². The Labute approximate surface area is 121 Å². The first-order valence-corrected chi connectivity index (χ1v) is 7.34. The number of anilines is 1. The highest BCUT2D eigenvalue weighted by Crippen LogP contribution is 2.44. The average molecular weight is 297 g/mol. The van der Waals surface area contributed by atoms with Gasteiger partial charge < -0.3 is 19.5 Å². The Morgan fingerprint density at radius 2 is 1.95 bits per heavy atom. The third-order valence-electron chi connectivity index (χ3n) is 4.53. The Morgan fingerprint density at radius 3 is 2.71 bits per heavy atom. The number of rotatable bonds is 2. The summed E-state index contributed by atoms with van der Waals surface area (Å²) in [6, 6.07) is 5.13. The van der Waals surface area contributed by atoms with Crippen molar-refractivity contribution in [1.82, 2.24) is 0 Å². The minimum atomic E-state index is -3.56. The molecule has 21 heavy (non-hydrogen) atoms. The summed E-state index contributed by atoms with van der Waals surface area (Å²) in [5.41, 5.74) is 0.829. The predicted molar refractivity (Wildman–Crippen MR) is 71.8 cm³/mol. The maximum atomic E-state index is 13.0. The fourth-order valence-corrected chi connectivity index (χ4v) is 3.34. The van der Waals surface area contributed by atoms with Crippen molar-refractivity contribution in [2.75, 3.05) is 11.9 Å². The Bertz CT molecular complexity index is 560. The molecule has 1 aliphatic carbocycles. The third-order valence-corrected chi connectivity index (χ3v) is 4.53. The lowest BCUT2D eigenvalue weighted by molar-refractivity contribution is -0.286. The number of ether oxygens (including phenoxy) is 3. The quantitative estimate of drug-likeness (QED) is 0.906. The average Bonchev–Trinajstić information content (AvgIpc) is 2.70. The monoisotopic (exact) mass is 297 g/mol. The maximum absolute atomic E-state index is 13.0. The molecule has 1 spiro atoms. The van der Waals surface area contributed by atoms with Crippen molar-refractivity contribution >= 4 is 5.69 Å². The second kappa shape index (κ2) is 4.47. The molecule has 1 saturated heterocycles. The summed E-state index contributed by atoms with van der Waals surface area (Å²) in [6.45, 7) is 0.750. The Balaban J connectivity index is 1.46. The van der Waals surface area contributed by atoms with E-state index in [1.54, 1.807) is 12.1 Å². The topological polar surface area (TPSA) is 39.7 Å². The van der Waals surface area contributed by atoms with Gasteiger partial charge in [-0.1, -0.05) is 0 Å². The van der Waals surface area contributed by atoms with Crippen LogP contribution in [0, 0.1) is 0 Å². The molecular formula is C15H17F2NO3. The molecule has 0 radical (unpaired) electrons. The van der Waals surface area contributed by atoms with E-state index in [1.807, 2.05) is 0 Å². The number of halogens is 2. The van der Waals surface area contributed by atoms with Crippen molar-refractivity contribution in [2.24, 2.45) is 0 Å². The summed E-state index contributed by atoms with van der Waals surface area (Å²) in [4.78, 5) is 0. The van der Waals surface area contributed by atoms with Gasteiger partial charge in [-0.05, 0) is 44.2 Å². The number of nitrogens with one attached hydrogen (secondary N) is 1. The smallest absolute Gasteiger partial charge is 0.395 e. The van der Waals surface area contributed by atoms with Crippen molar-refractivity contribution in [1.29, 1.82) is 0 Å². The lowest BCUT2D eigenvalue weighted by Crippen LogP contribution is -2.48. The Kier molecular flexibility index (Phi) is 2.79. The molecule has 0 aromatic heterocycles. The first kappa shape index (κ1) is 13.1. The van der Waals surface area contributed by atoms with Crippen molar-refractivity contribution in [3.8, 4) is 11.5 Å². The van der Waals surface area contributed by atoms with Crippen molar-refractivity contribution in [3.63, 3.8) is 0 Å². The molecule has 1 saturated carbocycles. The summed E-state index contributed by atoms with van der Waals surface area (Å²) in [7, 11) is 0. The molecule has 6 heteroatoms. The molecule has 4 rings (SSSR count). The number of hydrogen-bond acceptors (Lipinski definition) is 4. The summed E-state index contributed by atoms with van der Waals surface area (Å²) in [6.07, 6.45) is 1.81. The Morgan fingerprint density at radius 1 is 1.14 bits per heavy atom. The van der Waals surface area contributed by atoms with E-state index >= 15 is 0 Å². The van der Waals surface area contributed by atoms with Gasteiger partial charge in [0.1, 0.15) is 0 Å². The van der Waals surface area contributed by atoms with E-state index in [4.69, 9.17) is 4.74 Å². The largest absolute Gasteiger partial charge is 0.586 e. The van der Waals surface area contributed by atoms with E-state index in [0.717, 1.165) is 38.0 Å². The number of fused-ring (bicyclic) bond motifs is 1. The SMILES string of the molecule is FC1(F)Oc2ccc(NC3CCOC4(CCC4)C3)cc2O1. The molecule has 0 bridgehead atoms. The van der Waals surface area contributed by atoms with Gasteiger partial charge in [-0.25, -0.2) is 0 Å². The zero-order chi connectivity index (χ0) is 14.5. The van der Waals surface area contributed by atoms with Gasteiger partial charge in [0.2, 0.25) is 0 Å². The van der Waals surface area contributed by atoms with Gasteiger partial charge in [0.15, 0.2) is 11.5 Å². The predicted octanol–water partition coefficient (Wildman–Crippen LogP) is 3.52. The second-order valence-corrected chi connectivity index (χ2v) is 6.05. The molecule has 2 fully saturated rings. The van der Waals surface area contributed by atoms with Gasteiger partial charge in [0, 0.05) is 24.4 Å². The van der Waals surface area contributed by atoms with E-state index in [9.17, 15) is 8.78 Å². The highest BCUT2D eigenvalue weighted by Gasteiger charge is 2.44. The van der Waals surface area contributed by atoms with E-state index < -0.39 is 6.29 Å². The lowest BCUT2D eigenvalue weighted by Gasteiger charge is -2.47. The number of benzene rings is 1. The standard InChI is InChI=1S/C15H17F2NO3/c16-15(17)20-12-3-2-10(8-13(12)21-15)18-11-4-7-19-14(9-11)5-1-6-14/h2-3,8,11,18H,1,4-7,9H2. The molecule has 1 N–H and O–H groups in total. The van der Waals surface area contributed by atoms with Crippen LogP contribution in [0.4, 0.5) is 14.5 Å². The van der Waals surface area contributed by atoms with Crippen LogP contribution >= 0.6 is 0 Å². The number of alkyl halides is 2. The van der Waals surface area contributed by atoms with Gasteiger partial charge in [-0.2, -0.15) is 0 Å². The van der Waals surface area contributed by atoms with E-state index in [-0.39, 0.29) is 17.1 Å². The molecule has 1 aromatic rings. The first-order chi connectivity index (χ1) is 10.0. The second-order valence-electron chi connectivity index (χ2n) is 6.05. The zero-order valence-corrected chi connectivity index (χ0v) is 11.5. The van der Waals surface area contributed by atoms with Crippen molar-refractivity contribution in [3.05, 3.63) is 18.2 Å². The fraction of sp³-hybridized carbons (Fsp3) is 0.600. The minimum absolute atomic E-state index is 0.0548. The molecule has 1 aromatic carbocycles. The van der Waals surface area contributed by atoms with Crippen LogP contribution in [-0.4, -0.2) is 24.5 Å². The van der Waals surface area contributed by atoms with Gasteiger partial charge in [-0.3, -0.25) is 0 Å². The van der Waals surface area contributed by atoms with Gasteiger partial charge in [0.25, 0.3) is 0 Å². The summed E-state index contributed by atoms with van der Waals surface area (Å²) < 4.78 is 40.8. The van der Waals surface area contributed by atoms with Gasteiger partial charge in [0.05, 0.1) is 5.60 Å². The van der Waals surface area contributed by atoms with Crippen LogP contribution in [0.15, 0.2) is 18.2 Å². The molecule has 1 atom stereocenters. The molecule has 2 heterocycles.